The minimum absolute atomic E-state index is 0.363. The van der Waals surface area contributed by atoms with Gasteiger partial charge in [0.2, 0.25) is 5.89 Å². The summed E-state index contributed by atoms with van der Waals surface area (Å²) in [5.41, 5.74) is 1.25. The molecule has 2 saturated heterocycles. The second-order valence-corrected chi connectivity index (χ2v) is 6.89. The van der Waals surface area contributed by atoms with Crippen LogP contribution in [0.1, 0.15) is 48.9 Å². The summed E-state index contributed by atoms with van der Waals surface area (Å²) in [6.07, 6.45) is 8.89. The largest absolute Gasteiger partial charge is 0.381 e. The first-order valence-electron chi connectivity index (χ1n) is 9.26. The maximum Gasteiger partial charge on any atom is 0.229 e. The van der Waals surface area contributed by atoms with Crippen molar-refractivity contribution in [2.75, 3.05) is 19.8 Å². The number of aromatic nitrogens is 2. The van der Waals surface area contributed by atoms with Gasteiger partial charge < -0.3 is 9.26 Å². The van der Waals surface area contributed by atoms with Gasteiger partial charge in [-0.2, -0.15) is 4.98 Å². The van der Waals surface area contributed by atoms with E-state index in [4.69, 9.17) is 9.26 Å². The van der Waals surface area contributed by atoms with Crippen molar-refractivity contribution in [3.05, 3.63) is 53.7 Å². The molecular weight excluding hydrogens is 314 g/mol. The van der Waals surface area contributed by atoms with Crippen LogP contribution in [-0.2, 0) is 11.3 Å². The van der Waals surface area contributed by atoms with E-state index in [9.17, 15) is 0 Å². The number of ether oxygens (including phenoxy) is 1. The Morgan fingerprint density at radius 3 is 2.80 bits per heavy atom. The van der Waals surface area contributed by atoms with Crippen molar-refractivity contribution in [1.29, 1.82) is 0 Å². The molecule has 2 aliphatic rings. The second-order valence-electron chi connectivity index (χ2n) is 6.89. The zero-order chi connectivity index (χ0) is 16.9. The van der Waals surface area contributed by atoms with Crippen molar-refractivity contribution < 1.29 is 9.26 Å². The third-order valence-electron chi connectivity index (χ3n) is 5.12. The highest BCUT2D eigenvalue weighted by Gasteiger charge is 2.26. The summed E-state index contributed by atoms with van der Waals surface area (Å²) in [5, 5.41) is 4.21. The lowest BCUT2D eigenvalue weighted by atomic mass is 10.0. The summed E-state index contributed by atoms with van der Waals surface area (Å²) < 4.78 is 10.9. The quantitative estimate of drug-likeness (QED) is 0.832. The Balaban J connectivity index is 1.38. The monoisotopic (exact) mass is 339 g/mol. The van der Waals surface area contributed by atoms with E-state index in [0.717, 1.165) is 50.9 Å². The van der Waals surface area contributed by atoms with E-state index in [2.05, 4.69) is 51.5 Å². The van der Waals surface area contributed by atoms with Crippen LogP contribution >= 0.6 is 0 Å². The molecule has 2 fully saturated rings. The Labute approximate surface area is 148 Å². The van der Waals surface area contributed by atoms with Crippen LogP contribution in [0.3, 0.4) is 0 Å². The number of benzene rings is 1. The lowest BCUT2D eigenvalue weighted by Gasteiger charge is -2.20. The van der Waals surface area contributed by atoms with Crippen molar-refractivity contribution >= 4 is 6.08 Å². The first kappa shape index (κ1) is 16.5. The zero-order valence-electron chi connectivity index (χ0n) is 14.5. The lowest BCUT2D eigenvalue weighted by molar-refractivity contribution is 0.0778. The first-order valence-corrected chi connectivity index (χ1v) is 9.26. The van der Waals surface area contributed by atoms with Crippen LogP contribution in [0, 0.1) is 0 Å². The fourth-order valence-electron chi connectivity index (χ4n) is 3.68. The molecule has 1 atom stereocenters. The van der Waals surface area contributed by atoms with Crippen molar-refractivity contribution in [3.63, 3.8) is 0 Å². The van der Waals surface area contributed by atoms with Crippen molar-refractivity contribution in [2.45, 2.75) is 44.2 Å². The summed E-state index contributed by atoms with van der Waals surface area (Å²) >= 11 is 0. The molecule has 0 spiro atoms. The average molecular weight is 339 g/mol. The maximum atomic E-state index is 5.52. The van der Waals surface area contributed by atoms with Gasteiger partial charge in [0.1, 0.15) is 0 Å². The predicted octanol–water partition coefficient (Wildman–Crippen LogP) is 3.64. The van der Waals surface area contributed by atoms with Gasteiger partial charge in [-0.1, -0.05) is 47.6 Å². The van der Waals surface area contributed by atoms with E-state index in [1.165, 1.54) is 18.4 Å². The van der Waals surface area contributed by atoms with E-state index in [-0.39, 0.29) is 0 Å². The average Bonchev–Trinajstić information content (AvgIpc) is 3.32. The molecule has 0 saturated carbocycles. The Kier molecular flexibility index (Phi) is 5.23. The van der Waals surface area contributed by atoms with Gasteiger partial charge >= 0.3 is 0 Å². The molecule has 5 heteroatoms. The Hall–Kier alpha value is -1.98. The zero-order valence-corrected chi connectivity index (χ0v) is 14.5. The van der Waals surface area contributed by atoms with Gasteiger partial charge in [0.05, 0.1) is 6.54 Å². The van der Waals surface area contributed by atoms with Crippen molar-refractivity contribution in [2.24, 2.45) is 0 Å². The smallest absolute Gasteiger partial charge is 0.229 e. The molecule has 1 aromatic carbocycles. The summed E-state index contributed by atoms with van der Waals surface area (Å²) in [4.78, 5) is 7.09. The summed E-state index contributed by atoms with van der Waals surface area (Å²) in [6, 6.07) is 10.9. The van der Waals surface area contributed by atoms with Gasteiger partial charge in [-0.25, -0.2) is 0 Å². The molecule has 0 N–H and O–H groups in total. The van der Waals surface area contributed by atoms with Crippen LogP contribution in [0.4, 0.5) is 0 Å². The molecular formula is C20H25N3O2. The van der Waals surface area contributed by atoms with Crippen molar-refractivity contribution in [1.82, 2.24) is 15.0 Å². The molecule has 0 radical (unpaired) electrons. The van der Waals surface area contributed by atoms with Gasteiger partial charge in [-0.3, -0.25) is 4.90 Å². The van der Waals surface area contributed by atoms with E-state index < -0.39 is 0 Å². The van der Waals surface area contributed by atoms with Gasteiger partial charge in [0.15, 0.2) is 5.82 Å². The fraction of sp³-hybridized carbons (Fsp3) is 0.500. The summed E-state index contributed by atoms with van der Waals surface area (Å²) in [6.45, 7) is 3.43. The number of hydrogen-bond donors (Lipinski definition) is 0. The molecule has 3 heterocycles. The summed E-state index contributed by atoms with van der Waals surface area (Å²) in [7, 11) is 0. The van der Waals surface area contributed by atoms with Crippen LogP contribution < -0.4 is 0 Å². The molecule has 0 unspecified atom stereocenters. The van der Waals surface area contributed by atoms with Crippen LogP contribution in [0.15, 0.2) is 40.9 Å². The molecule has 2 aliphatic heterocycles. The summed E-state index contributed by atoms with van der Waals surface area (Å²) in [5.74, 6) is 1.96. The molecule has 5 nitrogen and oxygen atoms in total. The number of nitrogens with zero attached hydrogens (tertiary/aromatic N) is 3. The Morgan fingerprint density at radius 1 is 1.12 bits per heavy atom. The van der Waals surface area contributed by atoms with Crippen LogP contribution in [0.2, 0.25) is 0 Å². The minimum Gasteiger partial charge on any atom is -0.381 e. The third kappa shape index (κ3) is 4.17. The van der Waals surface area contributed by atoms with E-state index >= 15 is 0 Å². The van der Waals surface area contributed by atoms with Gasteiger partial charge in [-0.05, 0) is 37.8 Å². The molecule has 4 rings (SSSR count). The number of rotatable bonds is 5. The topological polar surface area (TPSA) is 51.4 Å². The minimum atomic E-state index is 0.363. The van der Waals surface area contributed by atoms with Crippen molar-refractivity contribution in [3.8, 4) is 0 Å². The SMILES string of the molecule is C(=C\[C@H]1CCCN1Cc1noc(C2CCOCC2)n1)/c1ccccc1. The normalized spacial score (nSPS) is 22.8. The Morgan fingerprint density at radius 2 is 1.96 bits per heavy atom. The maximum absolute atomic E-state index is 5.52. The third-order valence-corrected chi connectivity index (χ3v) is 5.12. The molecule has 25 heavy (non-hydrogen) atoms. The molecule has 0 aliphatic carbocycles. The van der Waals surface area contributed by atoms with E-state index in [0.29, 0.717) is 12.0 Å². The number of hydrogen-bond acceptors (Lipinski definition) is 5. The van der Waals surface area contributed by atoms with Gasteiger partial charge in [0.25, 0.3) is 0 Å². The molecule has 1 aromatic heterocycles. The molecule has 0 amide bonds. The molecule has 2 aromatic rings. The van der Waals surface area contributed by atoms with E-state index in [1.54, 1.807) is 0 Å². The Bertz CT molecular complexity index is 692. The highest BCUT2D eigenvalue weighted by molar-refractivity contribution is 5.49. The first-order chi connectivity index (χ1) is 12.4. The van der Waals surface area contributed by atoms with Gasteiger partial charge in [-0.15, -0.1) is 0 Å². The highest BCUT2D eigenvalue weighted by Crippen LogP contribution is 2.26. The standard InChI is InChI=1S/C20H25N3O2/c1-2-5-16(6-3-1)8-9-18-7-4-12-23(18)15-19-21-20(25-22-19)17-10-13-24-14-11-17/h1-3,5-6,8-9,17-18H,4,7,10-15H2/b9-8+/t18-/m1/s1. The highest BCUT2D eigenvalue weighted by atomic mass is 16.5. The molecule has 0 bridgehead atoms. The lowest BCUT2D eigenvalue weighted by Crippen LogP contribution is -2.27. The molecule has 132 valence electrons. The van der Waals surface area contributed by atoms with Crippen LogP contribution in [0.5, 0.6) is 0 Å². The number of likely N-dealkylation sites (tertiary alicyclic amines) is 1. The predicted molar refractivity (Wildman–Crippen MR) is 96.0 cm³/mol. The van der Waals surface area contributed by atoms with Crippen LogP contribution in [-0.4, -0.2) is 40.8 Å². The van der Waals surface area contributed by atoms with Crippen LogP contribution in [0.25, 0.3) is 6.08 Å². The van der Waals surface area contributed by atoms with Gasteiger partial charge in [0, 0.05) is 25.2 Å². The second kappa shape index (κ2) is 7.93. The van der Waals surface area contributed by atoms with E-state index in [1.807, 2.05) is 6.07 Å². The fourth-order valence-corrected chi connectivity index (χ4v) is 3.68.